The van der Waals surface area contributed by atoms with Gasteiger partial charge < -0.3 is 10.1 Å². The maximum Gasteiger partial charge on any atom is 0.416 e. The molecule has 1 amide bonds. The van der Waals surface area contributed by atoms with E-state index in [1.807, 2.05) is 0 Å². The molecule has 0 spiro atoms. The minimum absolute atomic E-state index is 0.0452. The zero-order chi connectivity index (χ0) is 23.4. The molecule has 0 saturated heterocycles. The van der Waals surface area contributed by atoms with Gasteiger partial charge in [-0.15, -0.1) is 0 Å². The topological polar surface area (TPSA) is 77.0 Å². The van der Waals surface area contributed by atoms with Gasteiger partial charge in [-0.25, -0.2) is 19.3 Å². The lowest BCUT2D eigenvalue weighted by atomic mass is 10.1. The fourth-order valence-electron chi connectivity index (χ4n) is 2.92. The summed E-state index contributed by atoms with van der Waals surface area (Å²) in [5.41, 5.74) is -0.466. The Balaban J connectivity index is 1.57. The number of rotatable bonds is 5. The first-order valence-corrected chi connectivity index (χ1v) is 9.49. The number of carbonyl (C=O) groups is 1. The predicted octanol–water partition coefficient (Wildman–Crippen LogP) is 5.74. The zero-order valence-corrected chi connectivity index (χ0v) is 16.7. The lowest BCUT2D eigenvalue weighted by Crippen LogP contribution is -2.14. The number of nitrogens with one attached hydrogen (secondary N) is 1. The van der Waals surface area contributed by atoms with Gasteiger partial charge in [0.05, 0.1) is 22.5 Å². The maximum absolute atomic E-state index is 14.0. The van der Waals surface area contributed by atoms with Crippen molar-refractivity contribution in [1.82, 2.24) is 15.0 Å². The fraction of sp³-hybridized carbons (Fsp3) is 0.0435. The number of carbonyl (C=O) groups excluding carboxylic acids is 1. The summed E-state index contributed by atoms with van der Waals surface area (Å²) in [5, 5.41) is 2.17. The summed E-state index contributed by atoms with van der Waals surface area (Å²) in [6, 6.07) is 12.8. The molecule has 0 radical (unpaired) electrons. The quantitative estimate of drug-likeness (QED) is 0.389. The van der Waals surface area contributed by atoms with Crippen molar-refractivity contribution in [3.63, 3.8) is 0 Å². The van der Waals surface area contributed by atoms with E-state index in [2.05, 4.69) is 20.3 Å². The van der Waals surface area contributed by atoms with Gasteiger partial charge in [0, 0.05) is 18.0 Å². The monoisotopic (exact) mass is 454 g/mol. The van der Waals surface area contributed by atoms with E-state index in [1.54, 1.807) is 30.5 Å². The SMILES string of the molecule is O=C(Nc1cc(C(F)(F)F)ccc1F)c1cccc(Oc2ncccc2-c2ccncn2)c1. The predicted molar refractivity (Wildman–Crippen MR) is 111 cm³/mol. The van der Waals surface area contributed by atoms with Crippen molar-refractivity contribution in [3.05, 3.63) is 96.3 Å². The number of halogens is 4. The second-order valence-electron chi connectivity index (χ2n) is 6.73. The van der Waals surface area contributed by atoms with Gasteiger partial charge in [-0.3, -0.25) is 4.79 Å². The van der Waals surface area contributed by atoms with Crippen LogP contribution >= 0.6 is 0 Å². The molecule has 33 heavy (non-hydrogen) atoms. The molecule has 4 aromatic rings. The van der Waals surface area contributed by atoms with Gasteiger partial charge in [0.2, 0.25) is 5.88 Å². The maximum atomic E-state index is 14.0. The van der Waals surface area contributed by atoms with Crippen LogP contribution in [-0.2, 0) is 6.18 Å². The Hall–Kier alpha value is -4.34. The van der Waals surface area contributed by atoms with Gasteiger partial charge in [-0.1, -0.05) is 6.07 Å². The number of hydrogen-bond donors (Lipinski definition) is 1. The summed E-state index contributed by atoms with van der Waals surface area (Å²) in [6.07, 6.45) is -0.209. The highest BCUT2D eigenvalue weighted by atomic mass is 19.4. The van der Waals surface area contributed by atoms with Crippen molar-refractivity contribution in [3.8, 4) is 22.9 Å². The first kappa shape index (κ1) is 21.9. The van der Waals surface area contributed by atoms with Gasteiger partial charge in [-0.05, 0) is 54.6 Å². The average molecular weight is 454 g/mol. The summed E-state index contributed by atoms with van der Waals surface area (Å²) in [4.78, 5) is 24.8. The zero-order valence-electron chi connectivity index (χ0n) is 16.7. The van der Waals surface area contributed by atoms with Gasteiger partial charge in [0.15, 0.2) is 0 Å². The van der Waals surface area contributed by atoms with Gasteiger partial charge in [-0.2, -0.15) is 13.2 Å². The van der Waals surface area contributed by atoms with Gasteiger partial charge in [0.1, 0.15) is 17.9 Å². The van der Waals surface area contributed by atoms with Crippen molar-refractivity contribution >= 4 is 11.6 Å². The van der Waals surface area contributed by atoms with Crippen LogP contribution in [0.1, 0.15) is 15.9 Å². The fourth-order valence-corrected chi connectivity index (χ4v) is 2.92. The minimum atomic E-state index is -4.68. The Morgan fingerprint density at radius 3 is 2.55 bits per heavy atom. The van der Waals surface area contributed by atoms with Crippen molar-refractivity contribution in [2.75, 3.05) is 5.32 Å². The summed E-state index contributed by atoms with van der Waals surface area (Å²) < 4.78 is 58.5. The van der Waals surface area contributed by atoms with Gasteiger partial charge in [0.25, 0.3) is 5.91 Å². The molecule has 0 aliphatic carbocycles. The molecule has 2 aromatic heterocycles. The Bertz CT molecular complexity index is 1300. The standard InChI is InChI=1S/C23H14F4N4O2/c24-18-7-6-15(23(25,26)27)12-20(18)31-21(32)14-3-1-4-16(11-14)33-22-17(5-2-9-29-22)19-8-10-28-13-30-19/h1-13H,(H,31,32). The molecule has 4 rings (SSSR count). The van der Waals surface area contributed by atoms with Crippen LogP contribution in [0.5, 0.6) is 11.6 Å². The molecule has 0 saturated carbocycles. The molecule has 2 aromatic carbocycles. The number of ether oxygens (including phenoxy) is 1. The van der Waals surface area contributed by atoms with E-state index in [4.69, 9.17) is 4.74 Å². The second-order valence-corrected chi connectivity index (χ2v) is 6.73. The van der Waals surface area contributed by atoms with Crippen LogP contribution in [0.2, 0.25) is 0 Å². The molecule has 0 unspecified atom stereocenters. The van der Waals surface area contributed by atoms with Crippen molar-refractivity contribution in [2.45, 2.75) is 6.18 Å². The third kappa shape index (κ3) is 5.12. The van der Waals surface area contributed by atoms with Crippen LogP contribution in [0.4, 0.5) is 23.2 Å². The normalized spacial score (nSPS) is 11.2. The molecule has 0 aliphatic rings. The van der Waals surface area contributed by atoms with E-state index in [9.17, 15) is 22.4 Å². The number of benzene rings is 2. The van der Waals surface area contributed by atoms with Crippen LogP contribution in [0.15, 0.2) is 79.4 Å². The lowest BCUT2D eigenvalue weighted by Gasteiger charge is -2.12. The number of anilines is 1. The number of nitrogens with zero attached hydrogens (tertiary/aromatic N) is 3. The third-order valence-corrected chi connectivity index (χ3v) is 4.48. The molecule has 0 bridgehead atoms. The summed E-state index contributed by atoms with van der Waals surface area (Å²) in [7, 11) is 0. The van der Waals surface area contributed by atoms with Crippen molar-refractivity contribution in [1.29, 1.82) is 0 Å². The van der Waals surface area contributed by atoms with Crippen molar-refractivity contribution < 1.29 is 27.1 Å². The molecule has 6 nitrogen and oxygen atoms in total. The van der Waals surface area contributed by atoms with E-state index >= 15 is 0 Å². The summed E-state index contributed by atoms with van der Waals surface area (Å²) in [5.74, 6) is -1.35. The van der Waals surface area contributed by atoms with E-state index in [-0.39, 0.29) is 17.2 Å². The van der Waals surface area contributed by atoms with Crippen LogP contribution in [0, 0.1) is 5.82 Å². The number of hydrogen-bond acceptors (Lipinski definition) is 5. The number of alkyl halides is 3. The highest BCUT2D eigenvalue weighted by Gasteiger charge is 2.31. The number of amides is 1. The Morgan fingerprint density at radius 1 is 0.939 bits per heavy atom. The van der Waals surface area contributed by atoms with Gasteiger partial charge >= 0.3 is 6.18 Å². The highest BCUT2D eigenvalue weighted by molar-refractivity contribution is 6.04. The smallest absolute Gasteiger partial charge is 0.416 e. The van der Waals surface area contributed by atoms with E-state index in [0.717, 1.165) is 0 Å². The lowest BCUT2D eigenvalue weighted by molar-refractivity contribution is -0.137. The van der Waals surface area contributed by atoms with E-state index in [1.165, 1.54) is 30.7 Å². The molecule has 0 fully saturated rings. The molecule has 166 valence electrons. The van der Waals surface area contributed by atoms with E-state index in [0.29, 0.717) is 29.5 Å². The molecule has 1 N–H and O–H groups in total. The Morgan fingerprint density at radius 2 is 1.79 bits per heavy atom. The number of aromatic nitrogens is 3. The van der Waals surface area contributed by atoms with Crippen LogP contribution in [0.25, 0.3) is 11.3 Å². The molecular formula is C23H14F4N4O2. The molecule has 2 heterocycles. The van der Waals surface area contributed by atoms with Crippen LogP contribution in [-0.4, -0.2) is 20.9 Å². The molecule has 0 atom stereocenters. The number of pyridine rings is 1. The molecule has 0 aliphatic heterocycles. The van der Waals surface area contributed by atoms with Crippen LogP contribution in [0.3, 0.4) is 0 Å². The summed E-state index contributed by atoms with van der Waals surface area (Å²) >= 11 is 0. The largest absolute Gasteiger partial charge is 0.438 e. The van der Waals surface area contributed by atoms with Crippen molar-refractivity contribution in [2.24, 2.45) is 0 Å². The Kier molecular flexibility index (Phi) is 5.99. The Labute approximate surface area is 184 Å². The summed E-state index contributed by atoms with van der Waals surface area (Å²) in [6.45, 7) is 0. The van der Waals surface area contributed by atoms with Crippen LogP contribution < -0.4 is 10.1 Å². The second kappa shape index (κ2) is 9.03. The molecular weight excluding hydrogens is 440 g/mol. The minimum Gasteiger partial charge on any atom is -0.438 e. The highest BCUT2D eigenvalue weighted by Crippen LogP contribution is 2.33. The third-order valence-electron chi connectivity index (χ3n) is 4.48. The molecule has 10 heteroatoms. The van der Waals surface area contributed by atoms with E-state index < -0.39 is 29.2 Å². The first-order chi connectivity index (χ1) is 15.8. The first-order valence-electron chi connectivity index (χ1n) is 9.49. The average Bonchev–Trinajstić information content (AvgIpc) is 2.81.